The highest BCUT2D eigenvalue weighted by molar-refractivity contribution is 6.31. The summed E-state index contributed by atoms with van der Waals surface area (Å²) in [5.74, 6) is -0.629. The summed E-state index contributed by atoms with van der Waals surface area (Å²) in [6, 6.07) is 9.05. The molecule has 0 saturated carbocycles. The van der Waals surface area contributed by atoms with Crippen LogP contribution in [0.25, 0.3) is 0 Å². The van der Waals surface area contributed by atoms with Crippen LogP contribution in [0.15, 0.2) is 41.4 Å². The fourth-order valence-corrected chi connectivity index (χ4v) is 1.33. The molecule has 92 valence electrons. The van der Waals surface area contributed by atoms with E-state index in [0.717, 1.165) is 5.56 Å². The average Bonchev–Trinajstić information content (AvgIpc) is 2.26. The Morgan fingerprint density at radius 3 is 2.35 bits per heavy atom. The van der Waals surface area contributed by atoms with Gasteiger partial charge in [0.2, 0.25) is 0 Å². The second kappa shape index (κ2) is 5.87. The minimum Gasteiger partial charge on any atom is -0.295 e. The summed E-state index contributed by atoms with van der Waals surface area (Å²) in [5.41, 5.74) is 0.900. The standard InChI is InChI=1S/C12H10ClF3O/c13-11(12(14,15)16)8-10(17)7-6-9-4-2-1-3-5-9/h1-5,8H,6-7H2/b11-8+. The summed E-state index contributed by atoms with van der Waals surface area (Å²) < 4.78 is 36.1. The van der Waals surface area contributed by atoms with Crippen molar-refractivity contribution in [2.24, 2.45) is 0 Å². The predicted molar refractivity (Wildman–Crippen MR) is 59.8 cm³/mol. The van der Waals surface area contributed by atoms with Crippen molar-refractivity contribution in [3.05, 3.63) is 47.0 Å². The first kappa shape index (κ1) is 13.8. The largest absolute Gasteiger partial charge is 0.427 e. The normalized spacial score (nSPS) is 12.6. The number of benzene rings is 1. The molecule has 17 heavy (non-hydrogen) atoms. The molecule has 1 aromatic carbocycles. The van der Waals surface area contributed by atoms with E-state index in [-0.39, 0.29) is 6.42 Å². The first-order valence-corrected chi connectivity index (χ1v) is 5.28. The van der Waals surface area contributed by atoms with Crippen molar-refractivity contribution in [3.8, 4) is 0 Å². The summed E-state index contributed by atoms with van der Waals surface area (Å²) in [5, 5.41) is -1.38. The zero-order valence-corrected chi connectivity index (χ0v) is 9.55. The summed E-state index contributed by atoms with van der Waals surface area (Å²) in [4.78, 5) is 11.2. The van der Waals surface area contributed by atoms with Gasteiger partial charge in [-0.15, -0.1) is 0 Å². The van der Waals surface area contributed by atoms with Gasteiger partial charge in [-0.3, -0.25) is 4.79 Å². The van der Waals surface area contributed by atoms with E-state index in [1.54, 1.807) is 12.1 Å². The number of carbonyl (C=O) groups excluding carboxylic acids is 1. The van der Waals surface area contributed by atoms with Crippen LogP contribution in [0, 0.1) is 0 Å². The molecule has 0 aliphatic carbocycles. The summed E-state index contributed by atoms with van der Waals surface area (Å²) >= 11 is 4.95. The minimum absolute atomic E-state index is 0.0102. The number of aryl methyl sites for hydroxylation is 1. The monoisotopic (exact) mass is 262 g/mol. The van der Waals surface area contributed by atoms with Crippen LogP contribution in [0.4, 0.5) is 13.2 Å². The van der Waals surface area contributed by atoms with Crippen LogP contribution in [0.1, 0.15) is 12.0 Å². The third kappa shape index (κ3) is 5.04. The van der Waals surface area contributed by atoms with Gasteiger partial charge < -0.3 is 0 Å². The Bertz CT molecular complexity index is 410. The molecule has 1 rings (SSSR count). The highest BCUT2D eigenvalue weighted by Crippen LogP contribution is 2.28. The van der Waals surface area contributed by atoms with Crippen molar-refractivity contribution < 1.29 is 18.0 Å². The second-order valence-electron chi connectivity index (χ2n) is 3.44. The van der Waals surface area contributed by atoms with Crippen molar-refractivity contribution in [2.45, 2.75) is 19.0 Å². The van der Waals surface area contributed by atoms with E-state index in [1.165, 1.54) is 0 Å². The molecule has 0 unspecified atom stereocenters. The molecule has 0 fully saturated rings. The number of rotatable bonds is 4. The zero-order chi connectivity index (χ0) is 12.9. The highest BCUT2D eigenvalue weighted by Gasteiger charge is 2.32. The summed E-state index contributed by atoms with van der Waals surface area (Å²) in [6.07, 6.45) is -3.80. The molecular formula is C12H10ClF3O. The number of hydrogen-bond acceptors (Lipinski definition) is 1. The molecule has 0 spiro atoms. The molecule has 5 heteroatoms. The summed E-state index contributed by atoms with van der Waals surface area (Å²) in [7, 11) is 0. The molecule has 1 nitrogen and oxygen atoms in total. The molecule has 0 aromatic heterocycles. The molecule has 0 heterocycles. The lowest BCUT2D eigenvalue weighted by atomic mass is 10.1. The Morgan fingerprint density at radius 2 is 1.82 bits per heavy atom. The average molecular weight is 263 g/mol. The molecule has 0 N–H and O–H groups in total. The van der Waals surface area contributed by atoms with Crippen LogP contribution in [0.5, 0.6) is 0 Å². The van der Waals surface area contributed by atoms with Gasteiger partial charge in [-0.25, -0.2) is 0 Å². The van der Waals surface area contributed by atoms with Crippen molar-refractivity contribution >= 4 is 17.4 Å². The lowest BCUT2D eigenvalue weighted by molar-refractivity contribution is -0.115. The fourth-order valence-electron chi connectivity index (χ4n) is 1.21. The molecular weight excluding hydrogens is 253 g/mol. The van der Waals surface area contributed by atoms with Crippen LogP contribution in [-0.2, 0) is 11.2 Å². The van der Waals surface area contributed by atoms with E-state index in [9.17, 15) is 18.0 Å². The van der Waals surface area contributed by atoms with E-state index in [0.29, 0.717) is 12.5 Å². The van der Waals surface area contributed by atoms with E-state index in [4.69, 9.17) is 11.6 Å². The van der Waals surface area contributed by atoms with E-state index in [1.807, 2.05) is 18.2 Å². The second-order valence-corrected chi connectivity index (χ2v) is 3.85. The van der Waals surface area contributed by atoms with Crippen LogP contribution >= 0.6 is 11.6 Å². The number of halogens is 4. The first-order valence-electron chi connectivity index (χ1n) is 4.91. The number of allylic oxidation sites excluding steroid dienone is 2. The Morgan fingerprint density at radius 1 is 1.24 bits per heavy atom. The predicted octanol–water partition coefficient (Wildman–Crippen LogP) is 3.87. The zero-order valence-electron chi connectivity index (χ0n) is 8.80. The van der Waals surface area contributed by atoms with E-state index < -0.39 is 17.0 Å². The van der Waals surface area contributed by atoms with Gasteiger partial charge in [0.25, 0.3) is 0 Å². The minimum atomic E-state index is -4.65. The Labute approximate surface area is 102 Å². The van der Waals surface area contributed by atoms with Crippen LogP contribution in [0.2, 0.25) is 0 Å². The smallest absolute Gasteiger partial charge is 0.295 e. The van der Waals surface area contributed by atoms with Gasteiger partial charge in [0, 0.05) is 12.5 Å². The number of carbonyl (C=O) groups is 1. The van der Waals surface area contributed by atoms with Crippen LogP contribution in [-0.4, -0.2) is 12.0 Å². The quantitative estimate of drug-likeness (QED) is 0.753. The molecule has 0 atom stereocenters. The number of ketones is 1. The van der Waals surface area contributed by atoms with E-state index >= 15 is 0 Å². The molecule has 0 amide bonds. The third-order valence-electron chi connectivity index (χ3n) is 2.06. The van der Waals surface area contributed by atoms with Crippen LogP contribution in [0.3, 0.4) is 0 Å². The lowest BCUT2D eigenvalue weighted by Gasteiger charge is -2.03. The Balaban J connectivity index is 2.52. The van der Waals surface area contributed by atoms with Gasteiger partial charge in [-0.1, -0.05) is 41.9 Å². The topological polar surface area (TPSA) is 17.1 Å². The molecule has 0 aliphatic heterocycles. The summed E-state index contributed by atoms with van der Waals surface area (Å²) in [6.45, 7) is 0. The van der Waals surface area contributed by atoms with Gasteiger partial charge in [-0.05, 0) is 12.0 Å². The molecule has 0 saturated heterocycles. The molecule has 0 aliphatic rings. The lowest BCUT2D eigenvalue weighted by Crippen LogP contribution is -2.09. The highest BCUT2D eigenvalue weighted by atomic mass is 35.5. The van der Waals surface area contributed by atoms with Crippen LogP contribution < -0.4 is 0 Å². The number of hydrogen-bond donors (Lipinski definition) is 0. The maximum Gasteiger partial charge on any atom is 0.427 e. The van der Waals surface area contributed by atoms with Gasteiger partial charge >= 0.3 is 6.18 Å². The number of alkyl halides is 3. The van der Waals surface area contributed by atoms with Crippen molar-refractivity contribution in [1.29, 1.82) is 0 Å². The van der Waals surface area contributed by atoms with E-state index in [2.05, 4.69) is 0 Å². The van der Waals surface area contributed by atoms with Crippen molar-refractivity contribution in [3.63, 3.8) is 0 Å². The first-order chi connectivity index (χ1) is 7.89. The van der Waals surface area contributed by atoms with Gasteiger partial charge in [0.15, 0.2) is 5.78 Å². The third-order valence-corrected chi connectivity index (χ3v) is 2.38. The fraction of sp³-hybridized carbons (Fsp3) is 0.250. The Hall–Kier alpha value is -1.29. The van der Waals surface area contributed by atoms with Gasteiger partial charge in [0.1, 0.15) is 5.03 Å². The maximum atomic E-state index is 12.0. The van der Waals surface area contributed by atoms with Crippen molar-refractivity contribution in [1.82, 2.24) is 0 Å². The Kier molecular flexibility index (Phi) is 4.75. The SMILES string of the molecule is O=C(/C=C(/Cl)C(F)(F)F)CCc1ccccc1. The van der Waals surface area contributed by atoms with Gasteiger partial charge in [-0.2, -0.15) is 13.2 Å². The molecule has 0 bridgehead atoms. The van der Waals surface area contributed by atoms with Crippen molar-refractivity contribution in [2.75, 3.05) is 0 Å². The van der Waals surface area contributed by atoms with Gasteiger partial charge in [0.05, 0.1) is 0 Å². The molecule has 0 radical (unpaired) electrons. The maximum absolute atomic E-state index is 12.0. The molecule has 1 aromatic rings.